The SMILES string of the molecule is CC/C=C\C/C=C\C/C=C\CCCCCCOCC(COC(=O)CCCCCCCCCCCCCCCCCCC)OC(=O)CCCCCCCCCCC. The third-order valence-corrected chi connectivity index (χ3v) is 10.7. The Morgan fingerprint density at radius 3 is 1.29 bits per heavy atom. The molecule has 5 heteroatoms. The lowest BCUT2D eigenvalue weighted by Gasteiger charge is -2.18. The molecule has 1 atom stereocenters. The molecular formula is C51H94O5. The van der Waals surface area contributed by atoms with Crippen molar-refractivity contribution in [3.8, 4) is 0 Å². The highest BCUT2D eigenvalue weighted by Crippen LogP contribution is 2.15. The highest BCUT2D eigenvalue weighted by Gasteiger charge is 2.17. The molecule has 0 aromatic rings. The fourth-order valence-corrected chi connectivity index (χ4v) is 7.05. The van der Waals surface area contributed by atoms with Crippen LogP contribution in [0.15, 0.2) is 36.5 Å². The lowest BCUT2D eigenvalue weighted by Crippen LogP contribution is -2.30. The summed E-state index contributed by atoms with van der Waals surface area (Å²) in [6.45, 7) is 7.69. The summed E-state index contributed by atoms with van der Waals surface area (Å²) >= 11 is 0. The van der Waals surface area contributed by atoms with Gasteiger partial charge < -0.3 is 14.2 Å². The first-order valence-corrected chi connectivity index (χ1v) is 24.5. The summed E-state index contributed by atoms with van der Waals surface area (Å²) < 4.78 is 17.3. The van der Waals surface area contributed by atoms with Gasteiger partial charge in [0.15, 0.2) is 6.10 Å². The Balaban J connectivity index is 4.18. The van der Waals surface area contributed by atoms with E-state index in [0.29, 0.717) is 19.4 Å². The van der Waals surface area contributed by atoms with E-state index in [4.69, 9.17) is 14.2 Å². The van der Waals surface area contributed by atoms with Gasteiger partial charge in [-0.25, -0.2) is 0 Å². The number of ether oxygens (including phenoxy) is 3. The van der Waals surface area contributed by atoms with Gasteiger partial charge in [0, 0.05) is 19.4 Å². The van der Waals surface area contributed by atoms with Gasteiger partial charge in [-0.1, -0.05) is 224 Å². The zero-order valence-corrected chi connectivity index (χ0v) is 37.7. The number of hydrogen-bond acceptors (Lipinski definition) is 5. The Labute approximate surface area is 349 Å². The Kier molecular flexibility index (Phi) is 45.9. The Bertz CT molecular complexity index is 893. The van der Waals surface area contributed by atoms with E-state index in [1.165, 1.54) is 154 Å². The summed E-state index contributed by atoms with van der Waals surface area (Å²) in [7, 11) is 0. The minimum absolute atomic E-state index is 0.0816. The van der Waals surface area contributed by atoms with Crippen LogP contribution in [0.3, 0.4) is 0 Å². The van der Waals surface area contributed by atoms with E-state index in [9.17, 15) is 9.59 Å². The number of carbonyl (C=O) groups is 2. The largest absolute Gasteiger partial charge is 0.462 e. The molecule has 0 bridgehead atoms. The molecule has 0 amide bonds. The van der Waals surface area contributed by atoms with Crippen LogP contribution in [0, 0.1) is 0 Å². The molecule has 0 aliphatic carbocycles. The third kappa shape index (κ3) is 44.8. The molecule has 328 valence electrons. The van der Waals surface area contributed by atoms with Crippen LogP contribution < -0.4 is 0 Å². The number of allylic oxidation sites excluding steroid dienone is 6. The maximum Gasteiger partial charge on any atom is 0.306 e. The van der Waals surface area contributed by atoms with Gasteiger partial charge in [0.05, 0.1) is 6.61 Å². The standard InChI is InChI=1S/C51H94O5/c1-4-7-10-13-16-19-21-23-25-26-27-28-30-33-35-38-41-44-50(52)55-48-49(56-51(53)45-42-39-36-32-18-15-12-9-6-3)47-54-46-43-40-37-34-31-29-24-22-20-17-14-11-8-5-2/h8,11,17,20,24,29,49H,4-7,9-10,12-16,18-19,21-23,25-28,30-48H2,1-3H3/b11-8-,20-17-,29-24-. The van der Waals surface area contributed by atoms with E-state index in [2.05, 4.69) is 57.2 Å². The number of carbonyl (C=O) groups excluding carboxylic acids is 2. The second-order valence-corrected chi connectivity index (χ2v) is 16.4. The average molecular weight is 787 g/mol. The molecule has 0 aromatic carbocycles. The summed E-state index contributed by atoms with van der Waals surface area (Å²) in [5.41, 5.74) is 0. The van der Waals surface area contributed by atoms with Gasteiger partial charge in [-0.2, -0.15) is 0 Å². The molecule has 0 heterocycles. The van der Waals surface area contributed by atoms with E-state index in [0.717, 1.165) is 64.2 Å². The van der Waals surface area contributed by atoms with Crippen LogP contribution in [-0.2, 0) is 23.8 Å². The number of esters is 2. The smallest absolute Gasteiger partial charge is 0.306 e. The molecule has 0 radical (unpaired) electrons. The maximum atomic E-state index is 12.7. The van der Waals surface area contributed by atoms with Crippen molar-refractivity contribution in [2.75, 3.05) is 19.8 Å². The molecule has 56 heavy (non-hydrogen) atoms. The van der Waals surface area contributed by atoms with E-state index in [1.54, 1.807) is 0 Å². The van der Waals surface area contributed by atoms with Crippen molar-refractivity contribution >= 4 is 11.9 Å². The fourth-order valence-electron chi connectivity index (χ4n) is 7.05. The second-order valence-electron chi connectivity index (χ2n) is 16.4. The van der Waals surface area contributed by atoms with E-state index in [1.807, 2.05) is 0 Å². The molecule has 1 unspecified atom stereocenters. The predicted molar refractivity (Wildman–Crippen MR) is 242 cm³/mol. The normalized spacial score (nSPS) is 12.4. The van der Waals surface area contributed by atoms with Gasteiger partial charge in [-0.15, -0.1) is 0 Å². The summed E-state index contributed by atoms with van der Waals surface area (Å²) in [4.78, 5) is 25.3. The van der Waals surface area contributed by atoms with Gasteiger partial charge in [0.25, 0.3) is 0 Å². The van der Waals surface area contributed by atoms with Gasteiger partial charge in [-0.3, -0.25) is 9.59 Å². The molecular weight excluding hydrogens is 693 g/mol. The molecule has 0 saturated heterocycles. The van der Waals surface area contributed by atoms with Crippen LogP contribution in [0.25, 0.3) is 0 Å². The van der Waals surface area contributed by atoms with Crippen LogP contribution in [0.5, 0.6) is 0 Å². The summed E-state index contributed by atoms with van der Waals surface area (Å²) in [5, 5.41) is 0. The summed E-state index contributed by atoms with van der Waals surface area (Å²) in [5.74, 6) is -0.400. The van der Waals surface area contributed by atoms with Crippen LogP contribution in [-0.4, -0.2) is 37.9 Å². The first-order chi connectivity index (χ1) is 27.6. The molecule has 0 rings (SSSR count). The van der Waals surface area contributed by atoms with Gasteiger partial charge in [0.1, 0.15) is 6.61 Å². The molecule has 0 fully saturated rings. The van der Waals surface area contributed by atoms with E-state index in [-0.39, 0.29) is 25.2 Å². The van der Waals surface area contributed by atoms with Gasteiger partial charge in [-0.05, 0) is 51.4 Å². The Morgan fingerprint density at radius 1 is 0.411 bits per heavy atom. The lowest BCUT2D eigenvalue weighted by molar-refractivity contribution is -0.163. The van der Waals surface area contributed by atoms with Crippen LogP contribution >= 0.6 is 0 Å². The van der Waals surface area contributed by atoms with Crippen LogP contribution in [0.2, 0.25) is 0 Å². The zero-order chi connectivity index (χ0) is 40.7. The van der Waals surface area contributed by atoms with Crippen LogP contribution in [0.1, 0.15) is 252 Å². The van der Waals surface area contributed by atoms with Crippen LogP contribution in [0.4, 0.5) is 0 Å². The number of unbranched alkanes of at least 4 members (excludes halogenated alkanes) is 28. The molecule has 0 aliphatic heterocycles. The molecule has 5 nitrogen and oxygen atoms in total. The quantitative estimate of drug-likeness (QED) is 0.0349. The van der Waals surface area contributed by atoms with E-state index >= 15 is 0 Å². The van der Waals surface area contributed by atoms with Crippen molar-refractivity contribution in [3.05, 3.63) is 36.5 Å². The third-order valence-electron chi connectivity index (χ3n) is 10.7. The highest BCUT2D eigenvalue weighted by molar-refractivity contribution is 5.70. The first-order valence-electron chi connectivity index (χ1n) is 24.5. The summed E-state index contributed by atoms with van der Waals surface area (Å²) in [6, 6.07) is 0. The highest BCUT2D eigenvalue weighted by atomic mass is 16.6. The monoisotopic (exact) mass is 787 g/mol. The van der Waals surface area contributed by atoms with Crippen molar-refractivity contribution < 1.29 is 23.8 Å². The number of rotatable bonds is 45. The minimum Gasteiger partial charge on any atom is -0.462 e. The summed E-state index contributed by atoms with van der Waals surface area (Å²) in [6.07, 6.45) is 55.8. The second kappa shape index (κ2) is 47.5. The molecule has 0 aliphatic rings. The van der Waals surface area contributed by atoms with Gasteiger partial charge in [0.2, 0.25) is 0 Å². The molecule has 0 aromatic heterocycles. The zero-order valence-electron chi connectivity index (χ0n) is 37.7. The maximum absolute atomic E-state index is 12.7. The van der Waals surface area contributed by atoms with Crippen molar-refractivity contribution in [1.29, 1.82) is 0 Å². The minimum atomic E-state index is -0.539. The predicted octanol–water partition coefficient (Wildman–Crippen LogP) is 16.2. The van der Waals surface area contributed by atoms with Crippen molar-refractivity contribution in [3.63, 3.8) is 0 Å². The van der Waals surface area contributed by atoms with E-state index < -0.39 is 6.10 Å². The van der Waals surface area contributed by atoms with Crippen molar-refractivity contribution in [2.24, 2.45) is 0 Å². The van der Waals surface area contributed by atoms with Crippen molar-refractivity contribution in [2.45, 2.75) is 258 Å². The molecule has 0 N–H and O–H groups in total. The molecule has 0 spiro atoms. The molecule has 0 saturated carbocycles. The Hall–Kier alpha value is -1.88. The Morgan fingerprint density at radius 2 is 0.804 bits per heavy atom. The fraction of sp³-hybridized carbons (Fsp3) is 0.843. The number of hydrogen-bond donors (Lipinski definition) is 0. The van der Waals surface area contributed by atoms with Crippen molar-refractivity contribution in [1.82, 2.24) is 0 Å². The van der Waals surface area contributed by atoms with Gasteiger partial charge >= 0.3 is 11.9 Å². The first kappa shape index (κ1) is 54.1. The average Bonchev–Trinajstić information content (AvgIpc) is 3.20. The lowest BCUT2D eigenvalue weighted by atomic mass is 10.0. The topological polar surface area (TPSA) is 61.8 Å².